The van der Waals surface area contributed by atoms with E-state index >= 15 is 0 Å². The molecule has 0 spiro atoms. The van der Waals surface area contributed by atoms with Gasteiger partial charge in [-0.3, -0.25) is 14.5 Å². The minimum absolute atomic E-state index is 0.0859. The van der Waals surface area contributed by atoms with Crippen LogP contribution in [0.2, 0.25) is 0 Å². The molecule has 1 unspecified atom stereocenters. The summed E-state index contributed by atoms with van der Waals surface area (Å²) < 4.78 is 0. The first-order valence-electron chi connectivity index (χ1n) is 7.38. The second kappa shape index (κ2) is 8.95. The standard InChI is InChI=1S/C15H30N2O3/c1-10(2)14(11(3)4)9-17(12(5)15(19)20)8-7-16-13(6)18/h10-12,14H,7-9H2,1-6H3,(H,16,18)(H,19,20). The van der Waals surface area contributed by atoms with Crippen LogP contribution in [0.1, 0.15) is 41.5 Å². The molecular weight excluding hydrogens is 256 g/mol. The van der Waals surface area contributed by atoms with Crippen LogP contribution in [0.3, 0.4) is 0 Å². The Bertz CT molecular complexity index is 308. The molecule has 0 aliphatic carbocycles. The highest BCUT2D eigenvalue weighted by Gasteiger charge is 2.26. The van der Waals surface area contributed by atoms with Gasteiger partial charge in [0.05, 0.1) is 0 Å². The van der Waals surface area contributed by atoms with Crippen LogP contribution in [0, 0.1) is 17.8 Å². The molecule has 0 aliphatic rings. The van der Waals surface area contributed by atoms with E-state index in [-0.39, 0.29) is 5.91 Å². The molecule has 0 rings (SSSR count). The highest BCUT2D eigenvalue weighted by Crippen LogP contribution is 2.22. The van der Waals surface area contributed by atoms with Crippen molar-refractivity contribution in [2.75, 3.05) is 19.6 Å². The van der Waals surface area contributed by atoms with E-state index in [0.717, 1.165) is 6.54 Å². The van der Waals surface area contributed by atoms with Crippen LogP contribution in [0.4, 0.5) is 0 Å². The molecule has 0 saturated carbocycles. The third-order valence-electron chi connectivity index (χ3n) is 3.84. The largest absolute Gasteiger partial charge is 0.480 e. The number of carbonyl (C=O) groups excluding carboxylic acids is 1. The topological polar surface area (TPSA) is 69.6 Å². The van der Waals surface area contributed by atoms with Gasteiger partial charge in [0.15, 0.2) is 0 Å². The molecule has 5 heteroatoms. The summed E-state index contributed by atoms with van der Waals surface area (Å²) in [5.41, 5.74) is 0. The summed E-state index contributed by atoms with van der Waals surface area (Å²) in [4.78, 5) is 24.1. The van der Waals surface area contributed by atoms with Crippen molar-refractivity contribution >= 4 is 11.9 Å². The number of nitrogens with zero attached hydrogens (tertiary/aromatic N) is 1. The van der Waals surface area contributed by atoms with Crippen molar-refractivity contribution in [1.29, 1.82) is 0 Å². The smallest absolute Gasteiger partial charge is 0.320 e. The molecule has 2 N–H and O–H groups in total. The summed E-state index contributed by atoms with van der Waals surface area (Å²) in [7, 11) is 0. The summed E-state index contributed by atoms with van der Waals surface area (Å²) in [6.07, 6.45) is 0. The zero-order valence-electron chi connectivity index (χ0n) is 13.6. The van der Waals surface area contributed by atoms with Gasteiger partial charge in [0, 0.05) is 26.6 Å². The maximum Gasteiger partial charge on any atom is 0.320 e. The Morgan fingerprint density at radius 2 is 1.60 bits per heavy atom. The van der Waals surface area contributed by atoms with E-state index in [0.29, 0.717) is 30.8 Å². The van der Waals surface area contributed by atoms with Crippen molar-refractivity contribution in [2.24, 2.45) is 17.8 Å². The number of nitrogens with one attached hydrogen (secondary N) is 1. The molecule has 0 aliphatic heterocycles. The fourth-order valence-corrected chi connectivity index (χ4v) is 2.44. The van der Waals surface area contributed by atoms with Gasteiger partial charge in [-0.2, -0.15) is 0 Å². The van der Waals surface area contributed by atoms with Gasteiger partial charge in [-0.25, -0.2) is 0 Å². The predicted octanol–water partition coefficient (Wildman–Crippen LogP) is 1.83. The summed E-state index contributed by atoms with van der Waals surface area (Å²) in [5.74, 6) is 0.531. The average Bonchev–Trinajstić information content (AvgIpc) is 2.30. The third-order valence-corrected chi connectivity index (χ3v) is 3.84. The van der Waals surface area contributed by atoms with Crippen LogP contribution in [0.5, 0.6) is 0 Å². The summed E-state index contributed by atoms with van der Waals surface area (Å²) in [6, 6.07) is -0.538. The van der Waals surface area contributed by atoms with E-state index in [9.17, 15) is 14.7 Å². The van der Waals surface area contributed by atoms with Gasteiger partial charge in [-0.05, 0) is 24.7 Å². The molecular formula is C15H30N2O3. The van der Waals surface area contributed by atoms with Gasteiger partial charge in [0.1, 0.15) is 6.04 Å². The Morgan fingerprint density at radius 1 is 1.10 bits per heavy atom. The van der Waals surface area contributed by atoms with Crippen molar-refractivity contribution < 1.29 is 14.7 Å². The Labute approximate surface area is 122 Å². The molecule has 118 valence electrons. The Morgan fingerprint density at radius 3 is 1.95 bits per heavy atom. The molecule has 0 fully saturated rings. The number of carboxylic acid groups (broad SMARTS) is 1. The van der Waals surface area contributed by atoms with E-state index in [1.807, 2.05) is 4.90 Å². The molecule has 1 amide bonds. The lowest BCUT2D eigenvalue weighted by Gasteiger charge is -2.34. The number of hydrogen-bond acceptors (Lipinski definition) is 3. The number of amides is 1. The minimum Gasteiger partial charge on any atom is -0.480 e. The zero-order chi connectivity index (χ0) is 15.9. The number of hydrogen-bond donors (Lipinski definition) is 2. The molecule has 0 aromatic carbocycles. The lowest BCUT2D eigenvalue weighted by molar-refractivity contribution is -0.143. The number of carbonyl (C=O) groups is 2. The Balaban J connectivity index is 4.74. The van der Waals surface area contributed by atoms with Crippen molar-refractivity contribution in [2.45, 2.75) is 47.6 Å². The summed E-state index contributed by atoms with van der Waals surface area (Å²) in [6.45, 7) is 13.6. The van der Waals surface area contributed by atoms with Crippen LogP contribution >= 0.6 is 0 Å². The average molecular weight is 286 g/mol. The maximum absolute atomic E-state index is 11.2. The first-order chi connectivity index (χ1) is 9.16. The second-order valence-electron chi connectivity index (χ2n) is 6.14. The van der Waals surface area contributed by atoms with Gasteiger partial charge in [-0.15, -0.1) is 0 Å². The van der Waals surface area contributed by atoms with Gasteiger partial charge in [-0.1, -0.05) is 27.7 Å². The molecule has 0 aromatic heterocycles. The van der Waals surface area contributed by atoms with Crippen molar-refractivity contribution in [3.63, 3.8) is 0 Å². The predicted molar refractivity (Wildman–Crippen MR) is 80.5 cm³/mol. The van der Waals surface area contributed by atoms with Crippen LogP contribution in [-0.2, 0) is 9.59 Å². The molecule has 0 bridgehead atoms. The van der Waals surface area contributed by atoms with E-state index in [2.05, 4.69) is 33.0 Å². The van der Waals surface area contributed by atoms with Gasteiger partial charge < -0.3 is 10.4 Å². The van der Waals surface area contributed by atoms with Crippen molar-refractivity contribution in [3.05, 3.63) is 0 Å². The normalized spacial score (nSPS) is 13.3. The zero-order valence-corrected chi connectivity index (χ0v) is 13.6. The van der Waals surface area contributed by atoms with Crippen LogP contribution in [0.15, 0.2) is 0 Å². The minimum atomic E-state index is -0.820. The monoisotopic (exact) mass is 286 g/mol. The Kier molecular flexibility index (Phi) is 8.46. The molecule has 0 heterocycles. The molecule has 1 atom stereocenters. The highest BCUT2D eigenvalue weighted by molar-refractivity contribution is 5.73. The quantitative estimate of drug-likeness (QED) is 0.678. The first-order valence-corrected chi connectivity index (χ1v) is 7.38. The van der Waals surface area contributed by atoms with Crippen LogP contribution < -0.4 is 5.32 Å². The fraction of sp³-hybridized carbons (Fsp3) is 0.867. The molecule has 20 heavy (non-hydrogen) atoms. The Hall–Kier alpha value is -1.10. The lowest BCUT2D eigenvalue weighted by Crippen LogP contribution is -2.46. The molecule has 0 saturated heterocycles. The maximum atomic E-state index is 11.2. The molecule has 5 nitrogen and oxygen atoms in total. The van der Waals surface area contributed by atoms with E-state index in [4.69, 9.17) is 0 Å². The second-order valence-corrected chi connectivity index (χ2v) is 6.14. The van der Waals surface area contributed by atoms with E-state index in [1.165, 1.54) is 6.92 Å². The molecule has 0 aromatic rings. The highest BCUT2D eigenvalue weighted by atomic mass is 16.4. The van der Waals surface area contributed by atoms with Crippen LogP contribution in [-0.4, -0.2) is 47.6 Å². The number of rotatable bonds is 9. The van der Waals surface area contributed by atoms with Crippen molar-refractivity contribution in [1.82, 2.24) is 10.2 Å². The van der Waals surface area contributed by atoms with Crippen LogP contribution in [0.25, 0.3) is 0 Å². The van der Waals surface area contributed by atoms with E-state index in [1.54, 1.807) is 6.92 Å². The van der Waals surface area contributed by atoms with Crippen molar-refractivity contribution in [3.8, 4) is 0 Å². The molecule has 0 radical (unpaired) electrons. The summed E-state index contributed by atoms with van der Waals surface area (Å²) in [5, 5.41) is 11.9. The fourth-order valence-electron chi connectivity index (χ4n) is 2.44. The van der Waals surface area contributed by atoms with E-state index < -0.39 is 12.0 Å². The van der Waals surface area contributed by atoms with Gasteiger partial charge in [0.2, 0.25) is 5.91 Å². The SMILES string of the molecule is CC(=O)NCCN(CC(C(C)C)C(C)C)C(C)C(=O)O. The number of carboxylic acids is 1. The van der Waals surface area contributed by atoms with Gasteiger partial charge in [0.25, 0.3) is 0 Å². The van der Waals surface area contributed by atoms with Gasteiger partial charge >= 0.3 is 5.97 Å². The number of aliphatic carboxylic acids is 1. The summed E-state index contributed by atoms with van der Waals surface area (Å²) >= 11 is 0. The lowest BCUT2D eigenvalue weighted by atomic mass is 9.85. The first kappa shape index (κ1) is 18.9. The third kappa shape index (κ3) is 6.89.